The van der Waals surface area contributed by atoms with Crippen LogP contribution in [0.4, 0.5) is 11.5 Å². The Kier molecular flexibility index (Phi) is 4.63. The molecule has 0 aliphatic heterocycles. The van der Waals surface area contributed by atoms with Crippen LogP contribution < -0.4 is 10.6 Å². The lowest BCUT2D eigenvalue weighted by Crippen LogP contribution is -2.19. The summed E-state index contributed by atoms with van der Waals surface area (Å²) in [5.74, 6) is 0.996. The first-order valence-corrected chi connectivity index (χ1v) is 7.40. The molecule has 0 aliphatic rings. The summed E-state index contributed by atoms with van der Waals surface area (Å²) in [4.78, 5) is 6.79. The van der Waals surface area contributed by atoms with Crippen molar-refractivity contribution >= 4 is 11.5 Å². The summed E-state index contributed by atoms with van der Waals surface area (Å²) in [5, 5.41) is 0. The molecule has 0 radical (unpaired) electrons. The highest BCUT2D eigenvalue weighted by molar-refractivity contribution is 5.65. The van der Waals surface area contributed by atoms with E-state index in [1.807, 2.05) is 13.1 Å². The van der Waals surface area contributed by atoms with Gasteiger partial charge >= 0.3 is 0 Å². The zero-order valence-electron chi connectivity index (χ0n) is 13.6. The van der Waals surface area contributed by atoms with Gasteiger partial charge in [-0.15, -0.1) is 0 Å². The molecule has 21 heavy (non-hydrogen) atoms. The van der Waals surface area contributed by atoms with Crippen LogP contribution in [0.15, 0.2) is 30.5 Å². The maximum Gasteiger partial charge on any atom is 0.135 e. The number of rotatable bonds is 4. The molecule has 1 unspecified atom stereocenters. The molecule has 0 fully saturated rings. The molecule has 2 aromatic rings. The summed E-state index contributed by atoms with van der Waals surface area (Å²) in [6, 6.07) is 8.84. The van der Waals surface area contributed by atoms with Crippen LogP contribution in [0.25, 0.3) is 0 Å². The first-order valence-electron chi connectivity index (χ1n) is 7.40. The van der Waals surface area contributed by atoms with Crippen molar-refractivity contribution in [1.82, 2.24) is 4.98 Å². The Morgan fingerprint density at radius 3 is 2.43 bits per heavy atom. The van der Waals surface area contributed by atoms with Crippen molar-refractivity contribution in [3.8, 4) is 0 Å². The monoisotopic (exact) mass is 283 g/mol. The first-order chi connectivity index (χ1) is 9.88. The van der Waals surface area contributed by atoms with E-state index in [-0.39, 0.29) is 6.04 Å². The second-order valence-electron chi connectivity index (χ2n) is 6.01. The average Bonchev–Trinajstić information content (AvgIpc) is 2.37. The molecule has 1 aromatic heterocycles. The first kappa shape index (κ1) is 15.5. The number of benzene rings is 1. The van der Waals surface area contributed by atoms with Gasteiger partial charge in [-0.1, -0.05) is 23.8 Å². The molecule has 2 N–H and O–H groups in total. The predicted octanol–water partition coefficient (Wildman–Crippen LogP) is 3.66. The number of pyridine rings is 1. The average molecular weight is 283 g/mol. The number of hydrogen-bond donors (Lipinski definition) is 1. The zero-order valence-corrected chi connectivity index (χ0v) is 13.6. The highest BCUT2D eigenvalue weighted by atomic mass is 15.2. The van der Waals surface area contributed by atoms with Crippen molar-refractivity contribution < 1.29 is 0 Å². The van der Waals surface area contributed by atoms with Gasteiger partial charge in [0.25, 0.3) is 0 Å². The van der Waals surface area contributed by atoms with E-state index in [9.17, 15) is 0 Å². The molecule has 0 saturated carbocycles. The molecule has 1 atom stereocenters. The number of nitrogens with two attached hydrogens (primary N) is 1. The summed E-state index contributed by atoms with van der Waals surface area (Å²) in [7, 11) is 2.07. The van der Waals surface area contributed by atoms with Crippen molar-refractivity contribution in [2.24, 2.45) is 5.73 Å². The van der Waals surface area contributed by atoms with Crippen molar-refractivity contribution in [1.29, 1.82) is 0 Å². The molecule has 1 heterocycles. The third kappa shape index (κ3) is 3.61. The fourth-order valence-electron chi connectivity index (χ4n) is 2.76. The van der Waals surface area contributed by atoms with Gasteiger partial charge in [0.15, 0.2) is 0 Å². The van der Waals surface area contributed by atoms with Crippen LogP contribution in [0.2, 0.25) is 0 Å². The van der Waals surface area contributed by atoms with Crippen LogP contribution in [0.3, 0.4) is 0 Å². The topological polar surface area (TPSA) is 42.2 Å². The highest BCUT2D eigenvalue weighted by Crippen LogP contribution is 2.28. The van der Waals surface area contributed by atoms with Crippen LogP contribution in [0, 0.1) is 20.8 Å². The largest absolute Gasteiger partial charge is 0.329 e. The molecule has 0 saturated heterocycles. The van der Waals surface area contributed by atoms with E-state index >= 15 is 0 Å². The molecular formula is C18H25N3. The van der Waals surface area contributed by atoms with Gasteiger partial charge in [-0.05, 0) is 56.9 Å². The maximum atomic E-state index is 5.86. The fourth-order valence-corrected chi connectivity index (χ4v) is 2.76. The van der Waals surface area contributed by atoms with Crippen LogP contribution >= 0.6 is 0 Å². The third-order valence-corrected chi connectivity index (χ3v) is 3.70. The van der Waals surface area contributed by atoms with Gasteiger partial charge in [-0.2, -0.15) is 0 Å². The Labute approximate surface area is 127 Å². The summed E-state index contributed by atoms with van der Waals surface area (Å²) in [5.41, 5.74) is 12.0. The Balaban J connectivity index is 2.32. The Morgan fingerprint density at radius 1 is 1.14 bits per heavy atom. The van der Waals surface area contributed by atoms with E-state index in [1.54, 1.807) is 0 Å². The standard InChI is InChI=1S/C18H25N3/c1-12-6-7-17(13(2)8-12)21(5)18-14(3)9-16(11-20-18)10-15(4)19/h6-9,11,15H,10,19H2,1-5H3. The van der Waals surface area contributed by atoms with Crippen molar-refractivity contribution in [2.45, 2.75) is 40.2 Å². The highest BCUT2D eigenvalue weighted by Gasteiger charge is 2.12. The second-order valence-corrected chi connectivity index (χ2v) is 6.01. The van der Waals surface area contributed by atoms with Crippen molar-refractivity contribution in [3.63, 3.8) is 0 Å². The van der Waals surface area contributed by atoms with Crippen molar-refractivity contribution in [3.05, 3.63) is 52.7 Å². The quantitative estimate of drug-likeness (QED) is 0.931. The van der Waals surface area contributed by atoms with Gasteiger partial charge in [-0.3, -0.25) is 0 Å². The molecular weight excluding hydrogens is 258 g/mol. The Hall–Kier alpha value is -1.87. The molecule has 0 bridgehead atoms. The van der Waals surface area contributed by atoms with Crippen LogP contribution in [-0.2, 0) is 6.42 Å². The molecule has 0 spiro atoms. The van der Waals surface area contributed by atoms with E-state index < -0.39 is 0 Å². The molecule has 3 heteroatoms. The van der Waals surface area contributed by atoms with Gasteiger partial charge < -0.3 is 10.6 Å². The number of hydrogen-bond acceptors (Lipinski definition) is 3. The third-order valence-electron chi connectivity index (χ3n) is 3.70. The number of anilines is 2. The lowest BCUT2D eigenvalue weighted by molar-refractivity contribution is 0.735. The van der Waals surface area contributed by atoms with E-state index in [0.717, 1.165) is 12.2 Å². The molecule has 0 aliphatic carbocycles. The van der Waals surface area contributed by atoms with Crippen LogP contribution in [0.1, 0.15) is 29.2 Å². The smallest absolute Gasteiger partial charge is 0.135 e. The number of aromatic nitrogens is 1. The Bertz CT molecular complexity index is 632. The summed E-state index contributed by atoms with van der Waals surface area (Å²) in [6.45, 7) is 8.37. The SMILES string of the molecule is Cc1ccc(N(C)c2ncc(CC(C)N)cc2C)c(C)c1. The van der Waals surface area contributed by atoms with E-state index in [2.05, 4.69) is 62.0 Å². The van der Waals surface area contributed by atoms with Crippen molar-refractivity contribution in [2.75, 3.05) is 11.9 Å². The van der Waals surface area contributed by atoms with Gasteiger partial charge in [0.2, 0.25) is 0 Å². The molecule has 0 amide bonds. The fraction of sp³-hybridized carbons (Fsp3) is 0.389. The van der Waals surface area contributed by atoms with E-state index in [4.69, 9.17) is 5.73 Å². The lowest BCUT2D eigenvalue weighted by atomic mass is 10.1. The number of nitrogens with zero attached hydrogens (tertiary/aromatic N) is 2. The summed E-state index contributed by atoms with van der Waals surface area (Å²) >= 11 is 0. The summed E-state index contributed by atoms with van der Waals surface area (Å²) in [6.07, 6.45) is 2.80. The minimum Gasteiger partial charge on any atom is -0.329 e. The normalized spacial score (nSPS) is 12.3. The zero-order chi connectivity index (χ0) is 15.6. The minimum atomic E-state index is 0.161. The molecule has 1 aromatic carbocycles. The minimum absolute atomic E-state index is 0.161. The van der Waals surface area contributed by atoms with Gasteiger partial charge in [-0.25, -0.2) is 4.98 Å². The predicted molar refractivity (Wildman–Crippen MR) is 90.3 cm³/mol. The van der Waals surface area contributed by atoms with Crippen LogP contribution in [-0.4, -0.2) is 18.1 Å². The Morgan fingerprint density at radius 2 is 1.86 bits per heavy atom. The van der Waals surface area contributed by atoms with Gasteiger partial charge in [0.05, 0.1) is 0 Å². The number of aryl methyl sites for hydroxylation is 3. The lowest BCUT2D eigenvalue weighted by Gasteiger charge is -2.23. The van der Waals surface area contributed by atoms with Gasteiger partial charge in [0.1, 0.15) is 5.82 Å². The van der Waals surface area contributed by atoms with E-state index in [1.165, 1.54) is 27.9 Å². The van der Waals surface area contributed by atoms with Gasteiger partial charge in [0, 0.05) is 25.0 Å². The molecule has 3 nitrogen and oxygen atoms in total. The van der Waals surface area contributed by atoms with E-state index in [0.29, 0.717) is 0 Å². The van der Waals surface area contributed by atoms with Crippen LogP contribution in [0.5, 0.6) is 0 Å². The maximum absolute atomic E-state index is 5.86. The second kappa shape index (κ2) is 6.27. The molecule has 112 valence electrons. The summed E-state index contributed by atoms with van der Waals surface area (Å²) < 4.78 is 0. The molecule has 2 rings (SSSR count).